The number of anilines is 1. The fraction of sp³-hybridized carbons (Fsp3) is 0.278. The Kier molecular flexibility index (Phi) is 6.33. The van der Waals surface area contributed by atoms with Gasteiger partial charge in [-0.2, -0.15) is 0 Å². The maximum absolute atomic E-state index is 11.9. The van der Waals surface area contributed by atoms with Gasteiger partial charge in [0, 0.05) is 17.8 Å². The van der Waals surface area contributed by atoms with Crippen molar-refractivity contribution in [2.75, 3.05) is 11.9 Å². The monoisotopic (exact) mass is 344 g/mol. The van der Waals surface area contributed by atoms with E-state index in [0.717, 1.165) is 5.75 Å². The summed E-state index contributed by atoms with van der Waals surface area (Å²) in [5.41, 5.74) is 0.673. The number of nitro groups is 1. The molecule has 0 fully saturated rings. The molecule has 0 saturated heterocycles. The number of benzene rings is 2. The number of nitrogens with zero attached hydrogens (tertiary/aromatic N) is 1. The van der Waals surface area contributed by atoms with Crippen molar-refractivity contribution in [1.82, 2.24) is 0 Å². The van der Waals surface area contributed by atoms with Crippen molar-refractivity contribution < 1.29 is 19.2 Å². The van der Waals surface area contributed by atoms with Crippen molar-refractivity contribution in [1.29, 1.82) is 0 Å². The Morgan fingerprint density at radius 3 is 2.24 bits per heavy atom. The van der Waals surface area contributed by atoms with E-state index >= 15 is 0 Å². The van der Waals surface area contributed by atoms with Crippen LogP contribution in [-0.4, -0.2) is 23.5 Å². The molecule has 0 aromatic heterocycles. The third-order valence-corrected chi connectivity index (χ3v) is 3.16. The van der Waals surface area contributed by atoms with Crippen molar-refractivity contribution in [3.8, 4) is 11.5 Å². The lowest BCUT2D eigenvalue weighted by Gasteiger charge is -2.11. The molecule has 0 heterocycles. The minimum absolute atomic E-state index is 0.00464. The molecular weight excluding hydrogens is 324 g/mol. The van der Waals surface area contributed by atoms with Crippen LogP contribution in [0.4, 0.5) is 11.4 Å². The van der Waals surface area contributed by atoms with Crippen molar-refractivity contribution in [3.05, 3.63) is 58.6 Å². The topological polar surface area (TPSA) is 90.7 Å². The van der Waals surface area contributed by atoms with Crippen LogP contribution in [-0.2, 0) is 4.79 Å². The molecule has 0 atom stereocenters. The lowest BCUT2D eigenvalue weighted by molar-refractivity contribution is -0.384. The molecule has 0 saturated carbocycles. The zero-order valence-corrected chi connectivity index (χ0v) is 14.1. The first-order valence-electron chi connectivity index (χ1n) is 7.88. The van der Waals surface area contributed by atoms with Gasteiger partial charge in [0.15, 0.2) is 0 Å². The highest BCUT2D eigenvalue weighted by Gasteiger charge is 2.06. The van der Waals surface area contributed by atoms with Gasteiger partial charge in [-0.05, 0) is 50.2 Å². The van der Waals surface area contributed by atoms with E-state index in [2.05, 4.69) is 5.32 Å². The van der Waals surface area contributed by atoms with Gasteiger partial charge >= 0.3 is 0 Å². The normalized spacial score (nSPS) is 10.4. The number of nitrogens with one attached hydrogen (secondary N) is 1. The van der Waals surface area contributed by atoms with Gasteiger partial charge in [-0.3, -0.25) is 14.9 Å². The molecular formula is C18H20N2O5. The molecule has 2 rings (SSSR count). The van der Waals surface area contributed by atoms with Crippen LogP contribution in [0.25, 0.3) is 0 Å². The average Bonchev–Trinajstić information content (AvgIpc) is 2.56. The number of carbonyl (C=O) groups is 1. The number of non-ortho nitro benzene ring substituents is 1. The standard InChI is InChI=1S/C18H20N2O5/c1-13(2)25-17-7-3-14(4-8-17)19-18(21)11-12-24-16-9-5-15(6-10-16)20(22)23/h3-10,13H,11-12H2,1-2H3,(H,19,21). The summed E-state index contributed by atoms with van der Waals surface area (Å²) in [7, 11) is 0. The summed E-state index contributed by atoms with van der Waals surface area (Å²) >= 11 is 0. The maximum atomic E-state index is 11.9. The van der Waals surface area contributed by atoms with E-state index in [1.54, 1.807) is 24.3 Å². The average molecular weight is 344 g/mol. The van der Waals surface area contributed by atoms with Gasteiger partial charge in [0.05, 0.1) is 24.1 Å². The largest absolute Gasteiger partial charge is 0.493 e. The minimum Gasteiger partial charge on any atom is -0.493 e. The van der Waals surface area contributed by atoms with Crippen LogP contribution in [0.15, 0.2) is 48.5 Å². The zero-order valence-electron chi connectivity index (χ0n) is 14.1. The first-order valence-corrected chi connectivity index (χ1v) is 7.88. The molecule has 0 radical (unpaired) electrons. The van der Waals surface area contributed by atoms with Crippen molar-refractivity contribution >= 4 is 17.3 Å². The SMILES string of the molecule is CC(C)Oc1ccc(NC(=O)CCOc2ccc([N+](=O)[O-])cc2)cc1. The predicted molar refractivity (Wildman–Crippen MR) is 94.0 cm³/mol. The molecule has 0 aliphatic rings. The number of hydrogen-bond acceptors (Lipinski definition) is 5. The van der Waals surface area contributed by atoms with E-state index in [1.807, 2.05) is 13.8 Å². The molecule has 2 aromatic rings. The predicted octanol–water partition coefficient (Wildman–Crippen LogP) is 3.79. The highest BCUT2D eigenvalue weighted by atomic mass is 16.6. The molecule has 1 amide bonds. The van der Waals surface area contributed by atoms with Gasteiger partial charge in [0.2, 0.25) is 5.91 Å². The van der Waals surface area contributed by atoms with Crippen molar-refractivity contribution in [2.45, 2.75) is 26.4 Å². The first-order chi connectivity index (χ1) is 11.9. The highest BCUT2D eigenvalue weighted by Crippen LogP contribution is 2.18. The van der Waals surface area contributed by atoms with Gasteiger partial charge < -0.3 is 14.8 Å². The van der Waals surface area contributed by atoms with E-state index in [-0.39, 0.29) is 30.7 Å². The van der Waals surface area contributed by atoms with Gasteiger partial charge in [0.1, 0.15) is 11.5 Å². The molecule has 0 bridgehead atoms. The Balaban J connectivity index is 1.75. The first kappa shape index (κ1) is 18.3. The lowest BCUT2D eigenvalue weighted by atomic mass is 10.3. The van der Waals surface area contributed by atoms with E-state index in [1.165, 1.54) is 24.3 Å². The van der Waals surface area contributed by atoms with E-state index in [0.29, 0.717) is 11.4 Å². The second-order valence-corrected chi connectivity index (χ2v) is 5.59. The molecule has 0 spiro atoms. The fourth-order valence-corrected chi connectivity index (χ4v) is 2.04. The Morgan fingerprint density at radius 1 is 1.08 bits per heavy atom. The van der Waals surface area contributed by atoms with Crippen molar-refractivity contribution in [2.24, 2.45) is 0 Å². The van der Waals surface area contributed by atoms with Gasteiger partial charge in [-0.15, -0.1) is 0 Å². The smallest absolute Gasteiger partial charge is 0.269 e. The third-order valence-electron chi connectivity index (χ3n) is 3.16. The van der Waals surface area contributed by atoms with Gasteiger partial charge in [0.25, 0.3) is 5.69 Å². The fourth-order valence-electron chi connectivity index (χ4n) is 2.04. The quantitative estimate of drug-likeness (QED) is 0.581. The highest BCUT2D eigenvalue weighted by molar-refractivity contribution is 5.90. The van der Waals surface area contributed by atoms with E-state index in [4.69, 9.17) is 9.47 Å². The Hall–Kier alpha value is -3.09. The summed E-state index contributed by atoms with van der Waals surface area (Å²) in [4.78, 5) is 22.0. The van der Waals surface area contributed by atoms with Crippen LogP contribution < -0.4 is 14.8 Å². The molecule has 7 heteroatoms. The summed E-state index contributed by atoms with van der Waals surface area (Å²) in [6.07, 6.45) is 0.262. The molecule has 7 nitrogen and oxygen atoms in total. The second kappa shape index (κ2) is 8.68. The van der Waals surface area contributed by atoms with Gasteiger partial charge in [-0.25, -0.2) is 0 Å². The van der Waals surface area contributed by atoms with Crippen LogP contribution in [0.2, 0.25) is 0 Å². The second-order valence-electron chi connectivity index (χ2n) is 5.59. The summed E-state index contributed by atoms with van der Waals surface area (Å²) < 4.78 is 10.9. The van der Waals surface area contributed by atoms with E-state index < -0.39 is 4.92 Å². The van der Waals surface area contributed by atoms with Crippen LogP contribution in [0, 0.1) is 10.1 Å². The molecule has 1 N–H and O–H groups in total. The van der Waals surface area contributed by atoms with Crippen LogP contribution in [0.5, 0.6) is 11.5 Å². The summed E-state index contributed by atoms with van der Waals surface area (Å²) in [5.74, 6) is 1.04. The molecule has 2 aromatic carbocycles. The van der Waals surface area contributed by atoms with Crippen LogP contribution in [0.3, 0.4) is 0 Å². The number of hydrogen-bond donors (Lipinski definition) is 1. The molecule has 0 aliphatic carbocycles. The molecule has 132 valence electrons. The lowest BCUT2D eigenvalue weighted by Crippen LogP contribution is -2.15. The molecule has 0 unspecified atom stereocenters. The summed E-state index contributed by atoms with van der Waals surface area (Å²) in [5, 5.41) is 13.3. The number of rotatable bonds is 8. The summed E-state index contributed by atoms with van der Waals surface area (Å²) in [6, 6.07) is 12.9. The summed E-state index contributed by atoms with van der Waals surface area (Å²) in [6.45, 7) is 4.07. The van der Waals surface area contributed by atoms with Gasteiger partial charge in [-0.1, -0.05) is 0 Å². The van der Waals surface area contributed by atoms with Crippen molar-refractivity contribution in [3.63, 3.8) is 0 Å². The number of amides is 1. The maximum Gasteiger partial charge on any atom is 0.269 e. The number of carbonyl (C=O) groups excluding carboxylic acids is 1. The number of ether oxygens (including phenoxy) is 2. The van der Waals surface area contributed by atoms with Crippen LogP contribution in [0.1, 0.15) is 20.3 Å². The Bertz CT molecular complexity index is 711. The molecule has 0 aliphatic heterocycles. The molecule has 25 heavy (non-hydrogen) atoms. The Morgan fingerprint density at radius 2 is 1.68 bits per heavy atom. The van der Waals surface area contributed by atoms with E-state index in [9.17, 15) is 14.9 Å². The number of nitro benzene ring substituents is 1. The zero-order chi connectivity index (χ0) is 18.2. The minimum atomic E-state index is -0.477. The van der Waals surface area contributed by atoms with Crippen LogP contribution >= 0.6 is 0 Å². The third kappa shape index (κ3) is 6.14. The Labute approximate surface area is 145 Å².